The van der Waals surface area contributed by atoms with Crippen molar-refractivity contribution in [3.8, 4) is 11.5 Å². The van der Waals surface area contributed by atoms with Crippen LogP contribution < -0.4 is 15.5 Å². The van der Waals surface area contributed by atoms with E-state index in [-0.39, 0.29) is 18.7 Å². The molecule has 2 rings (SSSR count). The van der Waals surface area contributed by atoms with Gasteiger partial charge in [0.05, 0.1) is 10.6 Å². The predicted molar refractivity (Wildman–Crippen MR) is 102 cm³/mol. The van der Waals surface area contributed by atoms with E-state index in [0.717, 1.165) is 17.6 Å². The summed E-state index contributed by atoms with van der Waals surface area (Å²) >= 11 is 0. The maximum atomic E-state index is 13.8. The maximum absolute atomic E-state index is 13.8. The minimum Gasteiger partial charge on any atom is -0.457 e. The topological polar surface area (TPSA) is 105 Å². The summed E-state index contributed by atoms with van der Waals surface area (Å²) in [6, 6.07) is 13.4. The van der Waals surface area contributed by atoms with Gasteiger partial charge in [-0.05, 0) is 49.4 Å². The summed E-state index contributed by atoms with van der Waals surface area (Å²) in [5, 5.41) is 10.8. The largest absolute Gasteiger partial charge is 0.457 e. The van der Waals surface area contributed by atoms with E-state index in [4.69, 9.17) is 9.94 Å². The zero-order valence-electron chi connectivity index (χ0n) is 15.9. The second-order valence-electron chi connectivity index (χ2n) is 6.42. The summed E-state index contributed by atoms with van der Waals surface area (Å²) < 4.78 is 72.2. The maximum Gasteiger partial charge on any atom is 0.416 e. The molecule has 30 heavy (non-hydrogen) atoms. The van der Waals surface area contributed by atoms with Crippen LogP contribution in [0.3, 0.4) is 0 Å². The molecule has 2 aromatic rings. The first kappa shape index (κ1) is 23.6. The fraction of sp³-hybridized carbons (Fsp3) is 0.316. The summed E-state index contributed by atoms with van der Waals surface area (Å²) in [5.74, 6) is -2.77. The van der Waals surface area contributed by atoms with Crippen LogP contribution in [-0.4, -0.2) is 43.5 Å². The summed E-state index contributed by atoms with van der Waals surface area (Å²) in [5.41, 5.74) is -2.59. The van der Waals surface area contributed by atoms with E-state index in [1.807, 2.05) is 5.32 Å². The molecule has 0 saturated carbocycles. The van der Waals surface area contributed by atoms with E-state index in [1.165, 1.54) is 12.1 Å². The average Bonchev–Trinajstić information content (AvgIpc) is 2.70. The molecule has 1 atom stereocenters. The Morgan fingerprint density at radius 1 is 1.03 bits per heavy atom. The fourth-order valence-corrected chi connectivity index (χ4v) is 4.33. The Morgan fingerprint density at radius 2 is 1.60 bits per heavy atom. The van der Waals surface area contributed by atoms with Gasteiger partial charge in [-0.25, -0.2) is 13.9 Å². The summed E-state index contributed by atoms with van der Waals surface area (Å²) in [4.78, 5) is 11.5. The molecule has 0 bridgehead atoms. The van der Waals surface area contributed by atoms with Gasteiger partial charge in [-0.3, -0.25) is 15.3 Å². The van der Waals surface area contributed by atoms with Crippen molar-refractivity contribution >= 4 is 15.7 Å². The van der Waals surface area contributed by atoms with Gasteiger partial charge < -0.3 is 4.74 Å². The Morgan fingerprint density at radius 3 is 2.10 bits per heavy atom. The molecule has 11 heteroatoms. The average molecular weight is 446 g/mol. The van der Waals surface area contributed by atoms with Gasteiger partial charge in [-0.15, -0.1) is 0 Å². The van der Waals surface area contributed by atoms with Crippen LogP contribution in [0.2, 0.25) is 0 Å². The van der Waals surface area contributed by atoms with Crippen molar-refractivity contribution < 1.29 is 36.3 Å². The first-order valence-corrected chi connectivity index (χ1v) is 10.5. The first-order chi connectivity index (χ1) is 14.1. The Labute approximate surface area is 171 Å². The van der Waals surface area contributed by atoms with Crippen LogP contribution >= 0.6 is 0 Å². The number of carbonyl (C=O) groups is 1. The third kappa shape index (κ3) is 5.29. The number of hydroxylamine groups is 1. The lowest BCUT2D eigenvalue weighted by atomic mass is 10.0. The zero-order chi connectivity index (χ0) is 22.4. The van der Waals surface area contributed by atoms with Crippen molar-refractivity contribution in [3.05, 3.63) is 54.6 Å². The van der Waals surface area contributed by atoms with Crippen LogP contribution in [0.15, 0.2) is 59.5 Å². The third-order valence-electron chi connectivity index (χ3n) is 4.22. The molecule has 0 aliphatic heterocycles. The molecule has 0 spiro atoms. The second kappa shape index (κ2) is 9.45. The fourth-order valence-electron chi connectivity index (χ4n) is 2.65. The van der Waals surface area contributed by atoms with E-state index < -0.39 is 38.1 Å². The van der Waals surface area contributed by atoms with Gasteiger partial charge in [-0.2, -0.15) is 13.2 Å². The number of hydrogen-bond donors (Lipinski definition) is 3. The molecule has 0 saturated heterocycles. The molecule has 7 nitrogen and oxygen atoms in total. The van der Waals surface area contributed by atoms with Crippen LogP contribution in [-0.2, 0) is 14.6 Å². The smallest absolute Gasteiger partial charge is 0.416 e. The second-order valence-corrected chi connectivity index (χ2v) is 8.41. The van der Waals surface area contributed by atoms with Crippen molar-refractivity contribution in [1.29, 1.82) is 0 Å². The normalized spacial score (nSPS) is 14.0. The SMILES string of the molecule is CCCNC(CS(=O)(=O)c1ccc(Oc2ccccc2)cc1)(C(=O)NO)C(F)(F)F. The summed E-state index contributed by atoms with van der Waals surface area (Å²) in [7, 11) is -4.59. The van der Waals surface area contributed by atoms with Crippen LogP contribution in [0.1, 0.15) is 13.3 Å². The first-order valence-electron chi connectivity index (χ1n) is 8.88. The van der Waals surface area contributed by atoms with Gasteiger partial charge in [-0.1, -0.05) is 25.1 Å². The molecule has 0 aliphatic rings. The van der Waals surface area contributed by atoms with Crippen LogP contribution in [0.5, 0.6) is 11.5 Å². The number of hydrogen-bond acceptors (Lipinski definition) is 6. The number of rotatable bonds is 9. The van der Waals surface area contributed by atoms with E-state index >= 15 is 0 Å². The highest BCUT2D eigenvalue weighted by Crippen LogP contribution is 2.34. The van der Waals surface area contributed by atoms with Gasteiger partial charge in [0.2, 0.25) is 5.54 Å². The lowest BCUT2D eigenvalue weighted by Crippen LogP contribution is -2.69. The van der Waals surface area contributed by atoms with Crippen molar-refractivity contribution in [1.82, 2.24) is 10.8 Å². The van der Waals surface area contributed by atoms with E-state index in [0.29, 0.717) is 5.75 Å². The van der Waals surface area contributed by atoms with Gasteiger partial charge in [0.25, 0.3) is 5.91 Å². The molecule has 0 heterocycles. The molecule has 0 aromatic heterocycles. The number of ether oxygens (including phenoxy) is 1. The number of sulfone groups is 1. The highest BCUT2D eigenvalue weighted by atomic mass is 32.2. The van der Waals surface area contributed by atoms with Crippen molar-refractivity contribution in [2.24, 2.45) is 0 Å². The molecule has 0 fully saturated rings. The van der Waals surface area contributed by atoms with Crippen LogP contribution in [0.4, 0.5) is 13.2 Å². The predicted octanol–water partition coefficient (Wildman–Crippen LogP) is 3.06. The summed E-state index contributed by atoms with van der Waals surface area (Å²) in [6.07, 6.45) is -5.10. The minimum absolute atomic E-state index is 0.197. The third-order valence-corrected chi connectivity index (χ3v) is 6.02. The van der Waals surface area contributed by atoms with Crippen LogP contribution in [0.25, 0.3) is 0 Å². The molecule has 1 amide bonds. The molecule has 0 radical (unpaired) electrons. The number of carbonyl (C=O) groups excluding carboxylic acids is 1. The standard InChI is InChI=1S/C19H21F3N2O5S/c1-2-12-23-18(17(25)24-26,19(20,21)22)13-30(27,28)16-10-8-15(9-11-16)29-14-6-4-3-5-7-14/h3-11,23,26H,2,12-13H2,1H3,(H,24,25). The highest BCUT2D eigenvalue weighted by molar-refractivity contribution is 7.91. The molecule has 1 unspecified atom stereocenters. The molecule has 0 aliphatic carbocycles. The Balaban J connectivity index is 2.34. The van der Waals surface area contributed by atoms with Gasteiger partial charge in [0.1, 0.15) is 11.5 Å². The number of para-hydroxylation sites is 1. The van der Waals surface area contributed by atoms with Crippen molar-refractivity contribution in [2.45, 2.75) is 30.0 Å². The summed E-state index contributed by atoms with van der Waals surface area (Å²) in [6.45, 7) is 1.25. The minimum atomic E-state index is -5.29. The molecular weight excluding hydrogens is 425 g/mol. The number of benzene rings is 2. The lowest BCUT2D eigenvalue weighted by Gasteiger charge is -2.34. The quantitative estimate of drug-likeness (QED) is 0.404. The molecular formula is C19H21F3N2O5S. The number of nitrogens with one attached hydrogen (secondary N) is 2. The van der Waals surface area contributed by atoms with Crippen LogP contribution in [0, 0.1) is 0 Å². The Kier molecular flexibility index (Phi) is 7.45. The van der Waals surface area contributed by atoms with Gasteiger partial charge >= 0.3 is 6.18 Å². The zero-order valence-corrected chi connectivity index (χ0v) is 16.8. The van der Waals surface area contributed by atoms with E-state index in [1.54, 1.807) is 37.3 Å². The Hall–Kier alpha value is -2.63. The highest BCUT2D eigenvalue weighted by Gasteiger charge is 2.62. The van der Waals surface area contributed by atoms with Crippen molar-refractivity contribution in [2.75, 3.05) is 12.3 Å². The lowest BCUT2D eigenvalue weighted by molar-refractivity contribution is -0.199. The van der Waals surface area contributed by atoms with E-state index in [9.17, 15) is 26.4 Å². The van der Waals surface area contributed by atoms with Gasteiger partial charge in [0, 0.05) is 0 Å². The Bertz CT molecular complexity index is 950. The number of halogens is 3. The molecule has 164 valence electrons. The number of amides is 1. The van der Waals surface area contributed by atoms with Gasteiger partial charge in [0.15, 0.2) is 9.84 Å². The monoisotopic (exact) mass is 446 g/mol. The molecule has 3 N–H and O–H groups in total. The number of alkyl halides is 3. The van der Waals surface area contributed by atoms with Crippen molar-refractivity contribution in [3.63, 3.8) is 0 Å². The molecule has 2 aromatic carbocycles. The van der Waals surface area contributed by atoms with E-state index in [2.05, 4.69) is 0 Å².